The molecule has 2 fully saturated rings. The largest absolute Gasteiger partial charge is 0.494 e. The van der Waals surface area contributed by atoms with E-state index in [2.05, 4.69) is 38.1 Å². The Morgan fingerprint density at radius 2 is 1.22 bits per heavy atom. The normalized spacial score (nSPS) is 24.6. The van der Waals surface area contributed by atoms with E-state index < -0.39 is 0 Å². The van der Waals surface area contributed by atoms with Crippen LogP contribution in [0.5, 0.6) is 5.75 Å². The summed E-state index contributed by atoms with van der Waals surface area (Å²) >= 11 is 0. The molecular weight excluding hydrogens is 444 g/mol. The van der Waals surface area contributed by atoms with Crippen LogP contribution in [0.15, 0.2) is 24.3 Å². The van der Waals surface area contributed by atoms with E-state index in [1.54, 1.807) is 0 Å². The molecule has 206 valence electrons. The smallest absolute Gasteiger partial charge is 0.183 e. The van der Waals surface area contributed by atoms with Gasteiger partial charge in [-0.2, -0.15) is 0 Å². The Hall–Kier alpha value is -1.06. The monoisotopic (exact) mass is 500 g/mol. The third kappa shape index (κ3) is 11.1. The van der Waals surface area contributed by atoms with E-state index in [1.807, 2.05) is 0 Å². The molecule has 1 saturated carbocycles. The number of unbranched alkanes of at least 4 members (excludes halogenated alkanes) is 8. The van der Waals surface area contributed by atoms with Gasteiger partial charge in [-0.25, -0.2) is 0 Å². The zero-order valence-electron chi connectivity index (χ0n) is 23.7. The van der Waals surface area contributed by atoms with Crippen molar-refractivity contribution in [1.82, 2.24) is 0 Å². The van der Waals surface area contributed by atoms with E-state index >= 15 is 0 Å². The van der Waals surface area contributed by atoms with E-state index in [9.17, 15) is 0 Å². The van der Waals surface area contributed by atoms with Gasteiger partial charge in [0.25, 0.3) is 0 Å². The number of hydrogen-bond donors (Lipinski definition) is 0. The molecule has 1 aromatic carbocycles. The lowest BCUT2D eigenvalue weighted by Crippen LogP contribution is -2.27. The molecule has 1 aliphatic heterocycles. The fraction of sp³-hybridized carbons (Fsp3) is 0.818. The van der Waals surface area contributed by atoms with Gasteiger partial charge in [0.2, 0.25) is 0 Å². The Labute approximate surface area is 223 Å². The number of ether oxygens (including phenoxy) is 3. The van der Waals surface area contributed by atoms with Crippen LogP contribution in [0.3, 0.4) is 0 Å². The Kier molecular flexibility index (Phi) is 14.9. The van der Waals surface area contributed by atoms with Gasteiger partial charge in [0.15, 0.2) is 6.29 Å². The van der Waals surface area contributed by atoms with E-state index in [0.29, 0.717) is 5.92 Å². The molecule has 1 aromatic rings. The molecule has 0 bridgehead atoms. The highest BCUT2D eigenvalue weighted by Gasteiger charge is 2.25. The lowest BCUT2D eigenvalue weighted by molar-refractivity contribution is -0.206. The minimum absolute atomic E-state index is 0.222. The van der Waals surface area contributed by atoms with E-state index in [1.165, 1.54) is 116 Å². The van der Waals surface area contributed by atoms with Crippen molar-refractivity contribution in [3.05, 3.63) is 29.8 Å². The predicted molar refractivity (Wildman–Crippen MR) is 152 cm³/mol. The lowest BCUT2D eigenvalue weighted by Gasteiger charge is -2.32. The second-order valence-electron chi connectivity index (χ2n) is 11.6. The molecule has 1 heterocycles. The molecule has 1 saturated heterocycles. The molecule has 3 heteroatoms. The van der Waals surface area contributed by atoms with Crippen molar-refractivity contribution in [3.8, 4) is 5.75 Å². The highest BCUT2D eigenvalue weighted by atomic mass is 16.7. The van der Waals surface area contributed by atoms with Gasteiger partial charge in [0.1, 0.15) is 5.75 Å². The number of rotatable bonds is 18. The van der Waals surface area contributed by atoms with Crippen molar-refractivity contribution < 1.29 is 14.2 Å². The summed E-state index contributed by atoms with van der Waals surface area (Å²) in [5.74, 6) is 3.42. The van der Waals surface area contributed by atoms with Crippen LogP contribution in [-0.2, 0) is 9.47 Å². The van der Waals surface area contributed by atoms with Gasteiger partial charge in [0.05, 0.1) is 19.8 Å². The topological polar surface area (TPSA) is 27.7 Å². The van der Waals surface area contributed by atoms with Crippen molar-refractivity contribution in [2.75, 3.05) is 19.8 Å². The van der Waals surface area contributed by atoms with Crippen LogP contribution in [0.2, 0.25) is 0 Å². The molecule has 3 rings (SSSR count). The van der Waals surface area contributed by atoms with Crippen LogP contribution >= 0.6 is 0 Å². The van der Waals surface area contributed by atoms with Gasteiger partial charge in [0, 0.05) is 11.5 Å². The third-order valence-electron chi connectivity index (χ3n) is 8.57. The third-order valence-corrected chi connectivity index (χ3v) is 8.57. The number of hydrogen-bond acceptors (Lipinski definition) is 3. The molecule has 2 atom stereocenters. The lowest BCUT2D eigenvalue weighted by atomic mass is 9.74. The van der Waals surface area contributed by atoms with Gasteiger partial charge < -0.3 is 14.2 Å². The second kappa shape index (κ2) is 18.2. The van der Waals surface area contributed by atoms with Crippen molar-refractivity contribution in [3.63, 3.8) is 0 Å². The van der Waals surface area contributed by atoms with Gasteiger partial charge in [-0.15, -0.1) is 0 Å². The first-order chi connectivity index (χ1) is 17.8. The SMILES string of the molecule is CCCCCCCC1COC(c2ccc(OCCCC3CCCCC3CCCCCCC)cc2)OC1. The molecule has 0 amide bonds. The Bertz CT molecular complexity index is 649. The van der Waals surface area contributed by atoms with Crippen LogP contribution in [0.25, 0.3) is 0 Å². The van der Waals surface area contributed by atoms with Crippen LogP contribution < -0.4 is 4.74 Å². The summed E-state index contributed by atoms with van der Waals surface area (Å²) in [4.78, 5) is 0. The maximum atomic E-state index is 6.11. The minimum Gasteiger partial charge on any atom is -0.494 e. The summed E-state index contributed by atoms with van der Waals surface area (Å²) in [7, 11) is 0. The highest BCUT2D eigenvalue weighted by molar-refractivity contribution is 5.28. The Morgan fingerprint density at radius 3 is 1.83 bits per heavy atom. The molecule has 0 N–H and O–H groups in total. The van der Waals surface area contributed by atoms with Crippen LogP contribution in [0.1, 0.15) is 141 Å². The summed E-state index contributed by atoms with van der Waals surface area (Å²) in [5, 5.41) is 0. The average molecular weight is 501 g/mol. The molecule has 0 radical (unpaired) electrons. The van der Waals surface area contributed by atoms with Gasteiger partial charge in [-0.1, -0.05) is 122 Å². The Morgan fingerprint density at radius 1 is 0.667 bits per heavy atom. The maximum absolute atomic E-state index is 6.11. The Balaban J connectivity index is 1.28. The zero-order valence-corrected chi connectivity index (χ0v) is 23.7. The molecule has 0 aromatic heterocycles. The first-order valence-corrected chi connectivity index (χ1v) is 15.8. The first-order valence-electron chi connectivity index (χ1n) is 15.8. The quantitative estimate of drug-likeness (QED) is 0.188. The van der Waals surface area contributed by atoms with Crippen LogP contribution in [0, 0.1) is 17.8 Å². The standard InChI is InChI=1S/C33H56O3/c1-3-5-7-9-11-16-28-26-35-33(36-27-28)31-21-23-32(24-22-31)34-25-15-20-30-19-14-13-18-29(30)17-12-10-8-6-4-2/h21-24,28-30,33H,3-20,25-27H2,1-2H3. The molecule has 2 aliphatic rings. The zero-order chi connectivity index (χ0) is 25.3. The summed E-state index contributed by atoms with van der Waals surface area (Å²) in [6, 6.07) is 8.39. The van der Waals surface area contributed by atoms with Crippen molar-refractivity contribution in [1.29, 1.82) is 0 Å². The molecule has 2 unspecified atom stereocenters. The van der Waals surface area contributed by atoms with Gasteiger partial charge in [-0.3, -0.25) is 0 Å². The molecule has 36 heavy (non-hydrogen) atoms. The minimum atomic E-state index is -0.222. The van der Waals surface area contributed by atoms with Crippen LogP contribution in [-0.4, -0.2) is 19.8 Å². The first kappa shape index (κ1) is 29.5. The summed E-state index contributed by atoms with van der Waals surface area (Å²) in [5.41, 5.74) is 1.10. The summed E-state index contributed by atoms with van der Waals surface area (Å²) in [6.07, 6.45) is 24.5. The number of benzene rings is 1. The van der Waals surface area contributed by atoms with E-state index in [-0.39, 0.29) is 6.29 Å². The van der Waals surface area contributed by atoms with Crippen molar-refractivity contribution >= 4 is 0 Å². The average Bonchev–Trinajstić information content (AvgIpc) is 2.92. The van der Waals surface area contributed by atoms with Crippen molar-refractivity contribution in [2.24, 2.45) is 17.8 Å². The fourth-order valence-corrected chi connectivity index (χ4v) is 6.25. The molecule has 3 nitrogen and oxygen atoms in total. The fourth-order valence-electron chi connectivity index (χ4n) is 6.25. The second-order valence-corrected chi connectivity index (χ2v) is 11.6. The van der Waals surface area contributed by atoms with E-state index in [4.69, 9.17) is 14.2 Å². The van der Waals surface area contributed by atoms with E-state index in [0.717, 1.165) is 43.0 Å². The van der Waals surface area contributed by atoms with Crippen LogP contribution in [0.4, 0.5) is 0 Å². The molecular formula is C33H56O3. The summed E-state index contributed by atoms with van der Waals surface area (Å²) < 4.78 is 18.2. The van der Waals surface area contributed by atoms with Gasteiger partial charge >= 0.3 is 0 Å². The van der Waals surface area contributed by atoms with Crippen molar-refractivity contribution in [2.45, 2.75) is 136 Å². The molecule has 1 aliphatic carbocycles. The summed E-state index contributed by atoms with van der Waals surface area (Å²) in [6.45, 7) is 7.04. The predicted octanol–water partition coefficient (Wildman–Crippen LogP) is 10.0. The van der Waals surface area contributed by atoms with Gasteiger partial charge in [-0.05, 0) is 43.2 Å². The maximum Gasteiger partial charge on any atom is 0.183 e. The molecule has 0 spiro atoms. The highest BCUT2D eigenvalue weighted by Crippen LogP contribution is 2.36.